The predicted octanol–water partition coefficient (Wildman–Crippen LogP) is 2.23. The van der Waals surface area contributed by atoms with Crippen LogP contribution in [-0.4, -0.2) is 52.9 Å². The summed E-state index contributed by atoms with van der Waals surface area (Å²) in [5, 5.41) is 2.57. The van der Waals surface area contributed by atoms with Gasteiger partial charge in [-0.2, -0.15) is 0 Å². The van der Waals surface area contributed by atoms with Crippen molar-refractivity contribution in [1.82, 2.24) is 10.3 Å². The number of H-pyrrole nitrogens is 1. The number of nitrogens with zero attached hydrogens (tertiary/aromatic N) is 1. The normalized spacial score (nSPS) is 11.7. The van der Waals surface area contributed by atoms with Crippen LogP contribution in [0.15, 0.2) is 58.4 Å². The average Bonchev–Trinajstić information content (AvgIpc) is 2.81. The number of sulfonamides is 1. The third-order valence-electron chi connectivity index (χ3n) is 5.04. The second-order valence-electron chi connectivity index (χ2n) is 7.00. The molecule has 0 saturated carbocycles. The third-order valence-corrected chi connectivity index (χ3v) is 6.94. The van der Waals surface area contributed by atoms with Crippen LogP contribution < -0.4 is 15.1 Å². The van der Waals surface area contributed by atoms with E-state index in [9.17, 15) is 22.4 Å². The van der Waals surface area contributed by atoms with Crippen LogP contribution in [0.3, 0.4) is 0 Å². The number of nitrogens with one attached hydrogen (secondary N) is 2. The summed E-state index contributed by atoms with van der Waals surface area (Å²) in [5.41, 5.74) is -0.165. The number of aromatic nitrogens is 1. The van der Waals surface area contributed by atoms with Crippen molar-refractivity contribution in [3.05, 3.63) is 70.3 Å². The Morgan fingerprint density at radius 2 is 1.82 bits per heavy atom. The molecule has 0 aliphatic carbocycles. The Morgan fingerprint density at radius 3 is 2.42 bits per heavy atom. The average molecular weight is 478 g/mol. The van der Waals surface area contributed by atoms with Gasteiger partial charge in [-0.25, -0.2) is 12.8 Å². The van der Waals surface area contributed by atoms with Gasteiger partial charge in [0, 0.05) is 37.9 Å². The van der Waals surface area contributed by atoms with Crippen molar-refractivity contribution < 1.29 is 27.1 Å². The van der Waals surface area contributed by atoms with Crippen LogP contribution in [0.4, 0.5) is 10.1 Å². The van der Waals surface area contributed by atoms with Crippen LogP contribution in [-0.2, 0) is 19.5 Å². The molecule has 0 radical (unpaired) electrons. The molecule has 1 aromatic heterocycles. The SMILES string of the molecule is CCN(c1ccc(F)cc1)S(=O)(=O)c1ccc2[nH]cc(C(=O)NCC(OC)OC)c(=O)c2c1. The summed E-state index contributed by atoms with van der Waals surface area (Å²) < 4.78 is 50.9. The first-order valence-electron chi connectivity index (χ1n) is 10.0. The molecule has 9 nitrogen and oxygen atoms in total. The van der Waals surface area contributed by atoms with E-state index in [0.717, 1.165) is 4.31 Å². The Hall–Kier alpha value is -3.28. The van der Waals surface area contributed by atoms with E-state index in [2.05, 4.69) is 10.3 Å². The number of rotatable bonds is 9. The van der Waals surface area contributed by atoms with Gasteiger partial charge in [0.2, 0.25) is 5.43 Å². The van der Waals surface area contributed by atoms with Crippen molar-refractivity contribution in [1.29, 1.82) is 0 Å². The van der Waals surface area contributed by atoms with Crippen LogP contribution in [0.2, 0.25) is 0 Å². The van der Waals surface area contributed by atoms with Crippen LogP contribution in [0, 0.1) is 5.82 Å². The number of carbonyl (C=O) groups is 1. The Balaban J connectivity index is 2.00. The molecule has 176 valence electrons. The van der Waals surface area contributed by atoms with Gasteiger partial charge >= 0.3 is 0 Å². The fraction of sp³-hybridized carbons (Fsp3) is 0.273. The van der Waals surface area contributed by atoms with Gasteiger partial charge in [0.1, 0.15) is 11.4 Å². The van der Waals surface area contributed by atoms with Crippen molar-refractivity contribution >= 4 is 32.5 Å². The van der Waals surface area contributed by atoms with E-state index < -0.39 is 33.5 Å². The summed E-state index contributed by atoms with van der Waals surface area (Å²) in [5.74, 6) is -1.15. The number of amides is 1. The fourth-order valence-electron chi connectivity index (χ4n) is 3.29. The van der Waals surface area contributed by atoms with Crippen molar-refractivity contribution in [2.24, 2.45) is 0 Å². The summed E-state index contributed by atoms with van der Waals surface area (Å²) in [6, 6.07) is 9.10. The summed E-state index contributed by atoms with van der Waals surface area (Å²) in [6.07, 6.45) is 0.580. The first-order valence-corrected chi connectivity index (χ1v) is 11.4. The molecule has 1 heterocycles. The van der Waals surface area contributed by atoms with Gasteiger partial charge in [0.05, 0.1) is 17.1 Å². The number of aromatic amines is 1. The highest BCUT2D eigenvalue weighted by molar-refractivity contribution is 7.92. The van der Waals surface area contributed by atoms with Gasteiger partial charge in [0.25, 0.3) is 15.9 Å². The van der Waals surface area contributed by atoms with Crippen LogP contribution in [0.25, 0.3) is 10.9 Å². The van der Waals surface area contributed by atoms with Crippen molar-refractivity contribution in [2.75, 3.05) is 31.6 Å². The number of hydrogen-bond donors (Lipinski definition) is 2. The Kier molecular flexibility index (Phi) is 7.46. The third kappa shape index (κ3) is 5.05. The lowest BCUT2D eigenvalue weighted by molar-refractivity contribution is -0.0974. The molecule has 33 heavy (non-hydrogen) atoms. The Labute approximate surface area is 190 Å². The van der Waals surface area contributed by atoms with Gasteiger partial charge in [-0.1, -0.05) is 0 Å². The molecule has 3 aromatic rings. The van der Waals surface area contributed by atoms with E-state index in [1.165, 1.54) is 62.9 Å². The van der Waals surface area contributed by atoms with E-state index >= 15 is 0 Å². The van der Waals surface area contributed by atoms with Gasteiger partial charge in [-0.15, -0.1) is 0 Å². The number of anilines is 1. The number of fused-ring (bicyclic) bond motifs is 1. The van der Waals surface area contributed by atoms with Gasteiger partial charge in [0.15, 0.2) is 6.29 Å². The van der Waals surface area contributed by atoms with E-state index in [0.29, 0.717) is 5.52 Å². The molecule has 0 saturated heterocycles. The molecule has 1 amide bonds. The molecule has 2 N–H and O–H groups in total. The maximum absolute atomic E-state index is 13.3. The lowest BCUT2D eigenvalue weighted by Crippen LogP contribution is -2.36. The van der Waals surface area contributed by atoms with Crippen molar-refractivity contribution in [3.63, 3.8) is 0 Å². The molecule has 3 rings (SSSR count). The molecular formula is C22H24FN3O6S. The molecule has 0 spiro atoms. The fourth-order valence-corrected chi connectivity index (χ4v) is 4.79. The molecular weight excluding hydrogens is 453 g/mol. The van der Waals surface area contributed by atoms with Crippen molar-refractivity contribution in [2.45, 2.75) is 18.1 Å². The molecule has 0 fully saturated rings. The first-order chi connectivity index (χ1) is 15.7. The minimum absolute atomic E-state index is 0.0147. The molecule has 0 unspecified atom stereocenters. The van der Waals surface area contributed by atoms with Crippen molar-refractivity contribution in [3.8, 4) is 0 Å². The predicted molar refractivity (Wildman–Crippen MR) is 121 cm³/mol. The maximum atomic E-state index is 13.3. The maximum Gasteiger partial charge on any atom is 0.264 e. The summed E-state index contributed by atoms with van der Waals surface area (Å²) in [6.45, 7) is 1.75. The first kappa shape index (κ1) is 24.4. The topological polar surface area (TPSA) is 118 Å². The number of halogens is 1. The zero-order valence-corrected chi connectivity index (χ0v) is 19.1. The highest BCUT2D eigenvalue weighted by Crippen LogP contribution is 2.25. The molecule has 0 aliphatic heterocycles. The lowest BCUT2D eigenvalue weighted by atomic mass is 10.1. The summed E-state index contributed by atoms with van der Waals surface area (Å²) >= 11 is 0. The highest BCUT2D eigenvalue weighted by Gasteiger charge is 2.25. The second kappa shape index (κ2) is 10.1. The minimum Gasteiger partial charge on any atom is -0.360 e. The van der Waals surface area contributed by atoms with Crippen LogP contribution in [0.1, 0.15) is 17.3 Å². The zero-order valence-electron chi connectivity index (χ0n) is 18.3. The van der Waals surface area contributed by atoms with E-state index in [-0.39, 0.29) is 34.6 Å². The number of methoxy groups -OCH3 is 2. The second-order valence-corrected chi connectivity index (χ2v) is 8.86. The Bertz CT molecular complexity index is 1300. The molecule has 0 bridgehead atoms. The minimum atomic E-state index is -4.06. The van der Waals surface area contributed by atoms with Gasteiger partial charge in [-0.3, -0.25) is 13.9 Å². The number of hydrogen-bond acceptors (Lipinski definition) is 6. The van der Waals surface area contributed by atoms with E-state index in [1.54, 1.807) is 6.92 Å². The molecule has 11 heteroatoms. The molecule has 2 aromatic carbocycles. The van der Waals surface area contributed by atoms with Gasteiger partial charge in [-0.05, 0) is 49.4 Å². The van der Waals surface area contributed by atoms with Crippen LogP contribution in [0.5, 0.6) is 0 Å². The number of carbonyl (C=O) groups excluding carboxylic acids is 1. The standard InChI is InChI=1S/C22H24FN3O6S/c1-4-26(15-7-5-14(23)6-8-15)33(29,30)16-9-10-19-17(11-16)21(27)18(12-24-19)22(28)25-13-20(31-2)32-3/h5-12,20H,4,13H2,1-3H3,(H,24,27)(H,25,28). The highest BCUT2D eigenvalue weighted by atomic mass is 32.2. The number of pyridine rings is 1. The quantitative estimate of drug-likeness (QED) is 0.457. The van der Waals surface area contributed by atoms with Gasteiger partial charge < -0.3 is 19.8 Å². The van der Waals surface area contributed by atoms with E-state index in [1.807, 2.05) is 0 Å². The lowest BCUT2D eigenvalue weighted by Gasteiger charge is -2.23. The van der Waals surface area contributed by atoms with Crippen LogP contribution >= 0.6 is 0 Å². The number of benzene rings is 2. The molecule has 0 aliphatic rings. The zero-order chi connectivity index (χ0) is 24.2. The monoisotopic (exact) mass is 477 g/mol. The Morgan fingerprint density at radius 1 is 1.15 bits per heavy atom. The summed E-state index contributed by atoms with van der Waals surface area (Å²) in [7, 11) is -1.24. The van der Waals surface area contributed by atoms with E-state index in [4.69, 9.17) is 9.47 Å². The molecule has 0 atom stereocenters. The summed E-state index contributed by atoms with van der Waals surface area (Å²) in [4.78, 5) is 28.2. The largest absolute Gasteiger partial charge is 0.360 e. The smallest absolute Gasteiger partial charge is 0.264 e. The number of ether oxygens (including phenoxy) is 2.